The zero-order valence-electron chi connectivity index (χ0n) is 13.7. The Bertz CT molecular complexity index is 658. The van der Waals surface area contributed by atoms with E-state index in [1.807, 2.05) is 47.4 Å². The molecule has 0 aliphatic carbocycles. The first-order valence-electron chi connectivity index (χ1n) is 8.42. The van der Waals surface area contributed by atoms with Gasteiger partial charge in [0.15, 0.2) is 0 Å². The van der Waals surface area contributed by atoms with Crippen molar-refractivity contribution in [2.75, 3.05) is 13.1 Å². The van der Waals surface area contributed by atoms with Gasteiger partial charge >= 0.3 is 0 Å². The Morgan fingerprint density at radius 3 is 2.75 bits per heavy atom. The summed E-state index contributed by atoms with van der Waals surface area (Å²) in [6.45, 7) is 1.73. The molecule has 0 spiro atoms. The van der Waals surface area contributed by atoms with Crippen LogP contribution in [0.4, 0.5) is 0 Å². The van der Waals surface area contributed by atoms with Crippen molar-refractivity contribution in [3.63, 3.8) is 0 Å². The van der Waals surface area contributed by atoms with Crippen LogP contribution in [-0.2, 0) is 6.61 Å². The second kappa shape index (κ2) is 7.93. The highest BCUT2D eigenvalue weighted by Crippen LogP contribution is 2.20. The molecule has 126 valence electrons. The SMILES string of the molecule is NCC1CCCCN1C(=O)c1ccc(OCc2ccccn2)cc1. The molecule has 5 nitrogen and oxygen atoms in total. The lowest BCUT2D eigenvalue weighted by atomic mass is 10.0. The van der Waals surface area contributed by atoms with E-state index in [0.29, 0.717) is 18.7 Å². The van der Waals surface area contributed by atoms with Gasteiger partial charge in [0.05, 0.1) is 5.69 Å². The van der Waals surface area contributed by atoms with Crippen LogP contribution < -0.4 is 10.5 Å². The average molecular weight is 325 g/mol. The molecule has 1 atom stereocenters. The maximum Gasteiger partial charge on any atom is 0.254 e. The Balaban J connectivity index is 1.62. The predicted octanol–water partition coefficient (Wildman–Crippen LogP) is 2.61. The van der Waals surface area contributed by atoms with E-state index in [2.05, 4.69) is 4.98 Å². The van der Waals surface area contributed by atoms with Crippen molar-refractivity contribution >= 4 is 5.91 Å². The van der Waals surface area contributed by atoms with Gasteiger partial charge in [0.2, 0.25) is 0 Å². The topological polar surface area (TPSA) is 68.5 Å². The monoisotopic (exact) mass is 325 g/mol. The number of pyridine rings is 1. The summed E-state index contributed by atoms with van der Waals surface area (Å²) in [7, 11) is 0. The van der Waals surface area contributed by atoms with Crippen molar-refractivity contribution in [3.8, 4) is 5.75 Å². The zero-order valence-corrected chi connectivity index (χ0v) is 13.7. The number of carbonyl (C=O) groups is 1. The highest BCUT2D eigenvalue weighted by atomic mass is 16.5. The zero-order chi connectivity index (χ0) is 16.8. The van der Waals surface area contributed by atoms with Crippen LogP contribution in [0, 0.1) is 0 Å². The van der Waals surface area contributed by atoms with Gasteiger partial charge in [-0.2, -0.15) is 0 Å². The third-order valence-corrected chi connectivity index (χ3v) is 4.37. The van der Waals surface area contributed by atoms with E-state index in [0.717, 1.165) is 37.3 Å². The number of rotatable bonds is 5. The highest BCUT2D eigenvalue weighted by Gasteiger charge is 2.26. The Morgan fingerprint density at radius 2 is 2.04 bits per heavy atom. The van der Waals surface area contributed by atoms with Gasteiger partial charge in [-0.1, -0.05) is 6.07 Å². The van der Waals surface area contributed by atoms with Crippen molar-refractivity contribution < 1.29 is 9.53 Å². The van der Waals surface area contributed by atoms with Crippen molar-refractivity contribution in [2.45, 2.75) is 31.9 Å². The largest absolute Gasteiger partial charge is 0.487 e. The fourth-order valence-electron chi connectivity index (χ4n) is 3.01. The van der Waals surface area contributed by atoms with Crippen LogP contribution in [0.1, 0.15) is 35.3 Å². The Labute approximate surface area is 142 Å². The summed E-state index contributed by atoms with van der Waals surface area (Å²) in [6, 6.07) is 13.2. The molecule has 0 bridgehead atoms. The summed E-state index contributed by atoms with van der Waals surface area (Å²) in [4.78, 5) is 18.8. The van der Waals surface area contributed by atoms with Crippen LogP contribution in [0.15, 0.2) is 48.7 Å². The molecular weight excluding hydrogens is 302 g/mol. The standard InChI is InChI=1S/C19H23N3O2/c20-13-17-6-2-4-12-22(17)19(23)15-7-9-18(10-8-15)24-14-16-5-1-3-11-21-16/h1,3,5,7-11,17H,2,4,6,12-14,20H2. The Morgan fingerprint density at radius 1 is 1.21 bits per heavy atom. The molecule has 1 unspecified atom stereocenters. The van der Waals surface area contributed by atoms with Gasteiger partial charge in [-0.3, -0.25) is 9.78 Å². The van der Waals surface area contributed by atoms with Crippen LogP contribution in [0.2, 0.25) is 0 Å². The van der Waals surface area contributed by atoms with Crippen LogP contribution in [0.5, 0.6) is 5.75 Å². The molecule has 1 amide bonds. The van der Waals surface area contributed by atoms with Crippen LogP contribution in [0.3, 0.4) is 0 Å². The van der Waals surface area contributed by atoms with E-state index >= 15 is 0 Å². The Hall–Kier alpha value is -2.40. The highest BCUT2D eigenvalue weighted by molar-refractivity contribution is 5.94. The third kappa shape index (κ3) is 3.92. The molecule has 0 radical (unpaired) electrons. The van der Waals surface area contributed by atoms with Crippen LogP contribution in [-0.4, -0.2) is 34.9 Å². The number of hydrogen-bond acceptors (Lipinski definition) is 4. The molecule has 5 heteroatoms. The summed E-state index contributed by atoms with van der Waals surface area (Å²) >= 11 is 0. The van der Waals surface area contributed by atoms with E-state index in [1.54, 1.807) is 6.20 Å². The lowest BCUT2D eigenvalue weighted by Crippen LogP contribution is -2.47. The number of amides is 1. The van der Waals surface area contributed by atoms with Crippen molar-refractivity contribution in [2.24, 2.45) is 5.73 Å². The number of aromatic nitrogens is 1. The van der Waals surface area contributed by atoms with E-state index in [1.165, 1.54) is 0 Å². The van der Waals surface area contributed by atoms with Crippen molar-refractivity contribution in [1.29, 1.82) is 0 Å². The number of piperidine rings is 1. The second-order valence-corrected chi connectivity index (χ2v) is 6.02. The lowest BCUT2D eigenvalue weighted by Gasteiger charge is -2.35. The van der Waals surface area contributed by atoms with E-state index in [9.17, 15) is 4.79 Å². The molecule has 1 fully saturated rings. The number of likely N-dealkylation sites (tertiary alicyclic amines) is 1. The molecule has 1 aromatic heterocycles. The molecule has 1 saturated heterocycles. The van der Waals surface area contributed by atoms with Gasteiger partial charge in [0, 0.05) is 30.9 Å². The fraction of sp³-hybridized carbons (Fsp3) is 0.368. The minimum absolute atomic E-state index is 0.0569. The molecule has 1 aliphatic rings. The maximum absolute atomic E-state index is 12.7. The Kier molecular flexibility index (Phi) is 5.43. The normalized spacial score (nSPS) is 17.5. The lowest BCUT2D eigenvalue weighted by molar-refractivity contribution is 0.0623. The maximum atomic E-state index is 12.7. The first kappa shape index (κ1) is 16.5. The summed E-state index contributed by atoms with van der Waals surface area (Å²) in [5, 5.41) is 0. The van der Waals surface area contributed by atoms with Crippen LogP contribution >= 0.6 is 0 Å². The number of carbonyl (C=O) groups excluding carboxylic acids is 1. The quantitative estimate of drug-likeness (QED) is 0.917. The molecule has 2 aromatic rings. The minimum Gasteiger partial charge on any atom is -0.487 e. The minimum atomic E-state index is 0.0569. The molecule has 0 saturated carbocycles. The summed E-state index contributed by atoms with van der Waals surface area (Å²) < 4.78 is 5.71. The van der Waals surface area contributed by atoms with Gasteiger partial charge in [0.25, 0.3) is 5.91 Å². The number of nitrogens with two attached hydrogens (primary N) is 1. The molecule has 3 rings (SSSR count). The number of ether oxygens (including phenoxy) is 1. The smallest absolute Gasteiger partial charge is 0.254 e. The van der Waals surface area contributed by atoms with Crippen LogP contribution in [0.25, 0.3) is 0 Å². The number of benzene rings is 1. The van der Waals surface area contributed by atoms with Gasteiger partial charge in [-0.15, -0.1) is 0 Å². The summed E-state index contributed by atoms with van der Waals surface area (Å²) in [6.07, 6.45) is 4.93. The number of nitrogens with zero attached hydrogens (tertiary/aromatic N) is 2. The third-order valence-electron chi connectivity index (χ3n) is 4.37. The molecule has 1 aliphatic heterocycles. The summed E-state index contributed by atoms with van der Waals surface area (Å²) in [5.41, 5.74) is 7.36. The van der Waals surface area contributed by atoms with Gasteiger partial charge in [0.1, 0.15) is 12.4 Å². The van der Waals surface area contributed by atoms with Gasteiger partial charge in [-0.05, 0) is 55.7 Å². The predicted molar refractivity (Wildman–Crippen MR) is 92.7 cm³/mol. The van der Waals surface area contributed by atoms with Gasteiger partial charge in [-0.25, -0.2) is 0 Å². The molecule has 24 heavy (non-hydrogen) atoms. The summed E-state index contributed by atoms with van der Waals surface area (Å²) in [5.74, 6) is 0.785. The van der Waals surface area contributed by atoms with Crippen molar-refractivity contribution in [3.05, 3.63) is 59.9 Å². The first-order chi connectivity index (χ1) is 11.8. The second-order valence-electron chi connectivity index (χ2n) is 6.02. The van der Waals surface area contributed by atoms with Crippen molar-refractivity contribution in [1.82, 2.24) is 9.88 Å². The molecule has 1 aromatic carbocycles. The molecule has 2 heterocycles. The van der Waals surface area contributed by atoms with Gasteiger partial charge < -0.3 is 15.4 Å². The van der Waals surface area contributed by atoms with E-state index in [4.69, 9.17) is 10.5 Å². The molecular formula is C19H23N3O2. The van der Waals surface area contributed by atoms with E-state index in [-0.39, 0.29) is 11.9 Å². The fourth-order valence-corrected chi connectivity index (χ4v) is 3.01. The van der Waals surface area contributed by atoms with E-state index < -0.39 is 0 Å². The molecule has 2 N–H and O–H groups in total. The number of hydrogen-bond donors (Lipinski definition) is 1. The average Bonchev–Trinajstić information content (AvgIpc) is 2.67. The first-order valence-corrected chi connectivity index (χ1v) is 8.42.